The van der Waals surface area contributed by atoms with Gasteiger partial charge in [-0.25, -0.2) is 4.90 Å². The summed E-state index contributed by atoms with van der Waals surface area (Å²) in [5.74, 6) is -0.455. The summed E-state index contributed by atoms with van der Waals surface area (Å²) >= 11 is 12.0. The van der Waals surface area contributed by atoms with Crippen molar-refractivity contribution in [1.29, 1.82) is 0 Å². The molecule has 1 aliphatic rings. The number of halogens is 2. The first-order valence-electron chi connectivity index (χ1n) is 8.74. The number of aromatic nitrogens is 1. The molecule has 4 rings (SSSR count). The number of carbonyl (C=O) groups excluding carboxylic acids is 2. The molecule has 1 atom stereocenters. The number of aromatic amines is 1. The highest BCUT2D eigenvalue weighted by atomic mass is 35.5. The fourth-order valence-electron chi connectivity index (χ4n) is 3.56. The number of amides is 2. The van der Waals surface area contributed by atoms with Crippen molar-refractivity contribution >= 4 is 51.6 Å². The summed E-state index contributed by atoms with van der Waals surface area (Å²) in [6.07, 6.45) is 2.99. The third-order valence-corrected chi connectivity index (χ3v) is 5.26. The Kier molecular flexibility index (Phi) is 4.91. The first kappa shape index (κ1) is 18.0. The highest BCUT2D eigenvalue weighted by Gasteiger charge is 2.42. The van der Waals surface area contributed by atoms with E-state index in [-0.39, 0.29) is 18.2 Å². The lowest BCUT2D eigenvalue weighted by molar-refractivity contribution is -0.674. The maximum atomic E-state index is 12.7. The van der Waals surface area contributed by atoms with Crippen molar-refractivity contribution < 1.29 is 14.9 Å². The highest BCUT2D eigenvalue weighted by molar-refractivity contribution is 6.35. The minimum atomic E-state index is -0.416. The Morgan fingerprint density at radius 1 is 1.11 bits per heavy atom. The summed E-state index contributed by atoms with van der Waals surface area (Å²) in [5, 5.41) is 3.92. The van der Waals surface area contributed by atoms with Crippen molar-refractivity contribution in [1.82, 2.24) is 4.98 Å². The van der Waals surface area contributed by atoms with Gasteiger partial charge in [-0.05, 0) is 29.8 Å². The molecule has 1 saturated heterocycles. The first-order chi connectivity index (χ1) is 13.0. The number of nitrogens with two attached hydrogens (primary N) is 1. The number of anilines is 1. The molecular formula is C20H18Cl2N3O2+. The molecule has 3 N–H and O–H groups in total. The molecule has 0 radical (unpaired) electrons. The lowest BCUT2D eigenvalue weighted by Crippen LogP contribution is -2.92. The van der Waals surface area contributed by atoms with Crippen LogP contribution in [0.4, 0.5) is 5.69 Å². The van der Waals surface area contributed by atoms with Gasteiger partial charge in [-0.15, -0.1) is 0 Å². The van der Waals surface area contributed by atoms with Gasteiger partial charge in [0.1, 0.15) is 0 Å². The zero-order valence-corrected chi connectivity index (χ0v) is 15.9. The number of nitrogens with zero attached hydrogens (tertiary/aromatic N) is 1. The lowest BCUT2D eigenvalue weighted by atomic mass is 10.1. The van der Waals surface area contributed by atoms with Crippen LogP contribution in [0.25, 0.3) is 10.9 Å². The summed E-state index contributed by atoms with van der Waals surface area (Å²) < 4.78 is 0. The Balaban J connectivity index is 1.43. The molecule has 1 aromatic heterocycles. The number of fused-ring (bicyclic) bond motifs is 1. The van der Waals surface area contributed by atoms with Gasteiger partial charge in [-0.2, -0.15) is 0 Å². The Hall–Kier alpha value is -2.34. The van der Waals surface area contributed by atoms with Gasteiger partial charge in [0, 0.05) is 33.6 Å². The van der Waals surface area contributed by atoms with E-state index in [1.54, 1.807) is 18.2 Å². The van der Waals surface area contributed by atoms with Crippen LogP contribution >= 0.6 is 23.2 Å². The lowest BCUT2D eigenvalue weighted by Gasteiger charge is -2.15. The number of hydrogen-bond donors (Lipinski definition) is 2. The van der Waals surface area contributed by atoms with Crippen molar-refractivity contribution in [3.8, 4) is 0 Å². The normalized spacial score (nSPS) is 17.3. The van der Waals surface area contributed by atoms with Crippen LogP contribution in [-0.2, 0) is 16.0 Å². The second kappa shape index (κ2) is 7.35. The Bertz CT molecular complexity index is 1010. The van der Waals surface area contributed by atoms with Crippen LogP contribution in [0, 0.1) is 0 Å². The molecule has 27 heavy (non-hydrogen) atoms. The number of nitrogens with one attached hydrogen (secondary N) is 1. The van der Waals surface area contributed by atoms with E-state index in [0.717, 1.165) is 18.5 Å². The second-order valence-corrected chi connectivity index (χ2v) is 7.51. The number of quaternary nitrogens is 1. The van der Waals surface area contributed by atoms with Crippen molar-refractivity contribution in [2.75, 3.05) is 11.4 Å². The molecule has 2 amide bonds. The zero-order valence-electron chi connectivity index (χ0n) is 14.4. The molecule has 2 heterocycles. The summed E-state index contributed by atoms with van der Waals surface area (Å²) in [7, 11) is 0. The Morgan fingerprint density at radius 3 is 2.63 bits per heavy atom. The van der Waals surface area contributed by atoms with Crippen molar-refractivity contribution in [3.63, 3.8) is 0 Å². The van der Waals surface area contributed by atoms with E-state index in [1.807, 2.05) is 29.7 Å². The van der Waals surface area contributed by atoms with Gasteiger partial charge in [-0.3, -0.25) is 9.59 Å². The number of para-hydroxylation sites is 1. The summed E-state index contributed by atoms with van der Waals surface area (Å²) in [6.45, 7) is 0.718. The van der Waals surface area contributed by atoms with Crippen LogP contribution < -0.4 is 10.2 Å². The molecule has 0 spiro atoms. The molecule has 3 aromatic rings. The molecule has 2 aromatic carbocycles. The monoisotopic (exact) mass is 402 g/mol. The van der Waals surface area contributed by atoms with E-state index in [4.69, 9.17) is 23.2 Å². The largest absolute Gasteiger partial charge is 0.361 e. The first-order valence-corrected chi connectivity index (χ1v) is 9.50. The highest BCUT2D eigenvalue weighted by Crippen LogP contribution is 2.28. The van der Waals surface area contributed by atoms with Crippen LogP contribution in [0.2, 0.25) is 10.0 Å². The number of rotatable bonds is 5. The van der Waals surface area contributed by atoms with E-state index in [9.17, 15) is 9.59 Å². The predicted molar refractivity (Wildman–Crippen MR) is 106 cm³/mol. The van der Waals surface area contributed by atoms with Crippen LogP contribution in [-0.4, -0.2) is 29.4 Å². The number of benzene rings is 2. The maximum absolute atomic E-state index is 12.7. The SMILES string of the molecule is O=C1C[C@H]([NH2+]CCc2c[nH]c3ccccc23)C(=O)N1c1cc(Cl)cc(Cl)c1. The van der Waals surface area contributed by atoms with Crippen LogP contribution in [0.15, 0.2) is 48.7 Å². The Labute approximate surface area is 166 Å². The van der Waals surface area contributed by atoms with E-state index in [2.05, 4.69) is 11.1 Å². The summed E-state index contributed by atoms with van der Waals surface area (Å²) in [5.41, 5.74) is 2.73. The second-order valence-electron chi connectivity index (χ2n) is 6.64. The molecule has 5 nitrogen and oxygen atoms in total. The maximum Gasteiger partial charge on any atom is 0.292 e. The van der Waals surface area contributed by atoms with Gasteiger partial charge in [-0.1, -0.05) is 41.4 Å². The minimum Gasteiger partial charge on any atom is -0.361 e. The van der Waals surface area contributed by atoms with E-state index in [1.165, 1.54) is 15.8 Å². The average molecular weight is 403 g/mol. The van der Waals surface area contributed by atoms with E-state index >= 15 is 0 Å². The fourth-order valence-corrected chi connectivity index (χ4v) is 4.07. The van der Waals surface area contributed by atoms with Gasteiger partial charge in [0.25, 0.3) is 5.91 Å². The molecular weight excluding hydrogens is 385 g/mol. The molecule has 7 heteroatoms. The number of imide groups is 1. The standard InChI is InChI=1S/C20H17Cl2N3O2/c21-13-7-14(22)9-15(8-13)25-19(26)10-18(20(25)27)23-6-5-12-11-24-17-4-2-1-3-16(12)17/h1-4,7-9,11,18,23-24H,5-6,10H2/p+1/t18-/m0/s1. The van der Waals surface area contributed by atoms with Gasteiger partial charge < -0.3 is 10.3 Å². The third-order valence-electron chi connectivity index (χ3n) is 4.83. The van der Waals surface area contributed by atoms with Crippen LogP contribution in [0.3, 0.4) is 0 Å². The predicted octanol–water partition coefficient (Wildman–Crippen LogP) is 2.91. The number of carbonyl (C=O) groups is 2. The van der Waals surface area contributed by atoms with Crippen molar-refractivity contribution in [2.24, 2.45) is 0 Å². The van der Waals surface area contributed by atoms with Gasteiger partial charge >= 0.3 is 0 Å². The zero-order chi connectivity index (χ0) is 19.0. The summed E-state index contributed by atoms with van der Waals surface area (Å²) in [6, 6.07) is 12.4. The smallest absolute Gasteiger partial charge is 0.292 e. The number of H-pyrrole nitrogens is 1. The fraction of sp³-hybridized carbons (Fsp3) is 0.200. The Morgan fingerprint density at radius 2 is 1.85 bits per heavy atom. The van der Waals surface area contributed by atoms with Crippen molar-refractivity contribution in [3.05, 3.63) is 64.3 Å². The number of hydrogen-bond acceptors (Lipinski definition) is 2. The molecule has 1 fully saturated rings. The average Bonchev–Trinajstić information content (AvgIpc) is 3.15. The molecule has 0 unspecified atom stereocenters. The topological polar surface area (TPSA) is 69.8 Å². The minimum absolute atomic E-state index is 0.177. The van der Waals surface area contributed by atoms with Gasteiger partial charge in [0.05, 0.1) is 18.7 Å². The van der Waals surface area contributed by atoms with Gasteiger partial charge in [0.15, 0.2) is 6.04 Å². The van der Waals surface area contributed by atoms with Crippen LogP contribution in [0.5, 0.6) is 0 Å². The molecule has 0 aliphatic carbocycles. The van der Waals surface area contributed by atoms with Crippen LogP contribution in [0.1, 0.15) is 12.0 Å². The molecule has 0 saturated carbocycles. The molecule has 138 valence electrons. The quantitative estimate of drug-likeness (QED) is 0.644. The van der Waals surface area contributed by atoms with Gasteiger partial charge in [0.2, 0.25) is 5.91 Å². The third kappa shape index (κ3) is 3.58. The summed E-state index contributed by atoms with van der Waals surface area (Å²) in [4.78, 5) is 29.5. The molecule has 1 aliphatic heterocycles. The van der Waals surface area contributed by atoms with Crippen molar-refractivity contribution in [2.45, 2.75) is 18.9 Å². The van der Waals surface area contributed by atoms with E-state index < -0.39 is 6.04 Å². The van der Waals surface area contributed by atoms with E-state index in [0.29, 0.717) is 15.7 Å². The molecule has 0 bridgehead atoms.